The van der Waals surface area contributed by atoms with Crippen LogP contribution in [0.3, 0.4) is 0 Å². The molecule has 0 saturated carbocycles. The van der Waals surface area contributed by atoms with Gasteiger partial charge in [0, 0.05) is 29.0 Å². The van der Waals surface area contributed by atoms with Gasteiger partial charge in [-0.25, -0.2) is 0 Å². The van der Waals surface area contributed by atoms with Gasteiger partial charge in [-0.1, -0.05) is 19.9 Å². The summed E-state index contributed by atoms with van der Waals surface area (Å²) >= 11 is 0. The lowest BCUT2D eigenvalue weighted by Crippen LogP contribution is -2.24. The first kappa shape index (κ1) is 18.5. The summed E-state index contributed by atoms with van der Waals surface area (Å²) in [4.78, 5) is 23.3. The third-order valence-electron chi connectivity index (χ3n) is 3.83. The fraction of sp³-hybridized carbons (Fsp3) is 0.300. The smallest absolute Gasteiger partial charge is 0.251 e. The Hall–Kier alpha value is -2.82. The second kappa shape index (κ2) is 8.87. The summed E-state index contributed by atoms with van der Waals surface area (Å²) in [5, 5.41) is 6.16. The van der Waals surface area contributed by atoms with E-state index in [2.05, 4.69) is 24.5 Å². The highest BCUT2D eigenvalue weighted by Crippen LogP contribution is 2.18. The van der Waals surface area contributed by atoms with E-state index in [1.807, 2.05) is 12.1 Å². The number of nitrogens with one attached hydrogen (secondary N) is 2. The number of nitrogens with two attached hydrogens (primary N) is 1. The Labute approximate surface area is 148 Å². The maximum absolute atomic E-state index is 12.2. The highest BCUT2D eigenvalue weighted by Gasteiger charge is 2.06. The van der Waals surface area contributed by atoms with E-state index >= 15 is 0 Å². The topological polar surface area (TPSA) is 84.2 Å². The van der Waals surface area contributed by atoms with Crippen LogP contribution in [-0.2, 0) is 0 Å². The number of amides is 2. The monoisotopic (exact) mass is 339 g/mol. The summed E-state index contributed by atoms with van der Waals surface area (Å²) in [7, 11) is 0. The second-order valence-electron chi connectivity index (χ2n) is 6.44. The van der Waals surface area contributed by atoms with Crippen molar-refractivity contribution in [1.29, 1.82) is 0 Å². The van der Waals surface area contributed by atoms with Gasteiger partial charge in [-0.2, -0.15) is 0 Å². The highest BCUT2D eigenvalue weighted by molar-refractivity contribution is 5.95. The number of carbonyl (C=O) groups excluding carboxylic acids is 2. The highest BCUT2D eigenvalue weighted by atomic mass is 16.2. The maximum atomic E-state index is 12.2. The fourth-order valence-electron chi connectivity index (χ4n) is 2.44. The molecule has 2 amide bonds. The van der Waals surface area contributed by atoms with Crippen LogP contribution in [-0.4, -0.2) is 18.4 Å². The van der Waals surface area contributed by atoms with E-state index in [1.165, 1.54) is 0 Å². The molecule has 0 aliphatic rings. The quantitative estimate of drug-likeness (QED) is 0.641. The molecule has 25 heavy (non-hydrogen) atoms. The van der Waals surface area contributed by atoms with Crippen molar-refractivity contribution >= 4 is 23.2 Å². The second-order valence-corrected chi connectivity index (χ2v) is 6.44. The van der Waals surface area contributed by atoms with Crippen molar-refractivity contribution in [2.75, 3.05) is 11.9 Å². The van der Waals surface area contributed by atoms with Crippen molar-refractivity contribution in [3.8, 4) is 0 Å². The molecule has 0 aliphatic carbocycles. The molecule has 0 saturated heterocycles. The molecular formula is C20H25N3O2. The zero-order chi connectivity index (χ0) is 18.2. The van der Waals surface area contributed by atoms with E-state index in [4.69, 9.17) is 5.73 Å². The molecule has 0 fully saturated rings. The summed E-state index contributed by atoms with van der Waals surface area (Å²) in [5.74, 6) is 0.115. The zero-order valence-corrected chi connectivity index (χ0v) is 14.7. The number of carbonyl (C=O) groups is 2. The standard InChI is InChI=1S/C20H25N3O2/c1-14(2)5-4-12-22-20(25)16-6-3-7-18(13-16)23-17-10-8-15(9-11-17)19(21)24/h3,6-11,13-14,23H,4-5,12H2,1-2H3,(H2,21,24)(H,22,25). The molecule has 132 valence electrons. The van der Waals surface area contributed by atoms with Crippen molar-refractivity contribution in [2.45, 2.75) is 26.7 Å². The summed E-state index contributed by atoms with van der Waals surface area (Å²) in [6.45, 7) is 5.03. The molecule has 0 unspecified atom stereocenters. The summed E-state index contributed by atoms with van der Waals surface area (Å²) < 4.78 is 0. The molecule has 0 spiro atoms. The number of rotatable bonds is 8. The van der Waals surface area contributed by atoms with Gasteiger partial charge >= 0.3 is 0 Å². The van der Waals surface area contributed by atoms with Gasteiger partial charge in [-0.05, 0) is 61.2 Å². The maximum Gasteiger partial charge on any atom is 0.251 e. The molecule has 2 aromatic carbocycles. The molecule has 0 bridgehead atoms. The number of primary amides is 1. The number of anilines is 2. The van der Waals surface area contributed by atoms with E-state index in [0.717, 1.165) is 24.2 Å². The van der Waals surface area contributed by atoms with Crippen LogP contribution >= 0.6 is 0 Å². The van der Waals surface area contributed by atoms with Gasteiger partial charge in [0.1, 0.15) is 0 Å². The number of benzene rings is 2. The van der Waals surface area contributed by atoms with Crippen LogP contribution in [0.2, 0.25) is 0 Å². The van der Waals surface area contributed by atoms with Crippen LogP contribution < -0.4 is 16.4 Å². The van der Waals surface area contributed by atoms with E-state index in [0.29, 0.717) is 23.6 Å². The molecule has 0 aromatic heterocycles. The minimum atomic E-state index is -0.456. The van der Waals surface area contributed by atoms with Gasteiger partial charge < -0.3 is 16.4 Å². The van der Waals surface area contributed by atoms with Crippen molar-refractivity contribution in [3.05, 3.63) is 59.7 Å². The molecular weight excluding hydrogens is 314 g/mol. The first-order valence-corrected chi connectivity index (χ1v) is 8.51. The van der Waals surface area contributed by atoms with Crippen LogP contribution in [0.25, 0.3) is 0 Å². The van der Waals surface area contributed by atoms with Crippen LogP contribution in [0.5, 0.6) is 0 Å². The SMILES string of the molecule is CC(C)CCCNC(=O)c1cccc(Nc2ccc(C(N)=O)cc2)c1. The van der Waals surface area contributed by atoms with Crippen molar-refractivity contribution in [2.24, 2.45) is 11.7 Å². The molecule has 2 aromatic rings. The fourth-order valence-corrected chi connectivity index (χ4v) is 2.44. The van der Waals surface area contributed by atoms with E-state index in [1.54, 1.807) is 36.4 Å². The van der Waals surface area contributed by atoms with Crippen LogP contribution in [0.15, 0.2) is 48.5 Å². The predicted octanol–water partition coefficient (Wildman–Crippen LogP) is 3.70. The average Bonchev–Trinajstić information content (AvgIpc) is 2.59. The predicted molar refractivity (Wildman–Crippen MR) is 101 cm³/mol. The van der Waals surface area contributed by atoms with E-state index in [-0.39, 0.29) is 5.91 Å². The number of hydrogen-bond donors (Lipinski definition) is 3. The Morgan fingerprint density at radius 2 is 1.72 bits per heavy atom. The van der Waals surface area contributed by atoms with Gasteiger partial charge in [-0.3, -0.25) is 9.59 Å². The Morgan fingerprint density at radius 1 is 1.00 bits per heavy atom. The molecule has 0 radical (unpaired) electrons. The van der Waals surface area contributed by atoms with Crippen LogP contribution in [0.1, 0.15) is 47.4 Å². The minimum absolute atomic E-state index is 0.0727. The minimum Gasteiger partial charge on any atom is -0.366 e. The lowest BCUT2D eigenvalue weighted by molar-refractivity contribution is 0.0951. The average molecular weight is 339 g/mol. The summed E-state index contributed by atoms with van der Waals surface area (Å²) in [5.41, 5.74) is 7.93. The molecule has 2 rings (SSSR count). The van der Waals surface area contributed by atoms with Gasteiger partial charge in [-0.15, -0.1) is 0 Å². The molecule has 5 nitrogen and oxygen atoms in total. The summed E-state index contributed by atoms with van der Waals surface area (Å²) in [6, 6.07) is 14.2. The zero-order valence-electron chi connectivity index (χ0n) is 14.7. The van der Waals surface area contributed by atoms with Gasteiger partial charge in [0.05, 0.1) is 0 Å². The Balaban J connectivity index is 1.96. The molecule has 5 heteroatoms. The normalized spacial score (nSPS) is 10.5. The third kappa shape index (κ3) is 5.95. The molecule has 4 N–H and O–H groups in total. The summed E-state index contributed by atoms with van der Waals surface area (Å²) in [6.07, 6.45) is 2.08. The largest absolute Gasteiger partial charge is 0.366 e. The van der Waals surface area contributed by atoms with Crippen LogP contribution in [0.4, 0.5) is 11.4 Å². The lowest BCUT2D eigenvalue weighted by atomic mass is 10.1. The van der Waals surface area contributed by atoms with E-state index in [9.17, 15) is 9.59 Å². The number of hydrogen-bond acceptors (Lipinski definition) is 3. The first-order valence-electron chi connectivity index (χ1n) is 8.51. The van der Waals surface area contributed by atoms with Crippen LogP contribution in [0, 0.1) is 5.92 Å². The lowest BCUT2D eigenvalue weighted by Gasteiger charge is -2.10. The Kier molecular flexibility index (Phi) is 6.57. The van der Waals surface area contributed by atoms with E-state index < -0.39 is 5.91 Å². The third-order valence-corrected chi connectivity index (χ3v) is 3.83. The molecule has 0 aliphatic heterocycles. The Morgan fingerprint density at radius 3 is 2.36 bits per heavy atom. The molecule has 0 heterocycles. The first-order chi connectivity index (χ1) is 12.0. The molecule has 0 atom stereocenters. The van der Waals surface area contributed by atoms with Crippen molar-refractivity contribution in [3.63, 3.8) is 0 Å². The van der Waals surface area contributed by atoms with Gasteiger partial charge in [0.25, 0.3) is 5.91 Å². The van der Waals surface area contributed by atoms with Gasteiger partial charge in [0.15, 0.2) is 0 Å². The Bertz CT molecular complexity index is 724. The van der Waals surface area contributed by atoms with Crippen molar-refractivity contribution < 1.29 is 9.59 Å². The van der Waals surface area contributed by atoms with Gasteiger partial charge in [0.2, 0.25) is 5.91 Å². The van der Waals surface area contributed by atoms with Crippen molar-refractivity contribution in [1.82, 2.24) is 5.32 Å².